The molecule has 1 unspecified atom stereocenters. The van der Waals surface area contributed by atoms with E-state index in [2.05, 4.69) is 62.5 Å². The predicted molar refractivity (Wildman–Crippen MR) is 159 cm³/mol. The molecule has 214 valence electrons. The van der Waals surface area contributed by atoms with Gasteiger partial charge in [-0.15, -0.1) is 0 Å². The van der Waals surface area contributed by atoms with Crippen molar-refractivity contribution in [3.8, 4) is 0 Å². The lowest BCUT2D eigenvalue weighted by molar-refractivity contribution is -0.154. The van der Waals surface area contributed by atoms with Crippen LogP contribution in [0.1, 0.15) is 129 Å². The summed E-state index contributed by atoms with van der Waals surface area (Å²) in [5.74, 6) is -0.224. The fraction of sp³-hybridized carbons (Fsp3) is 0.727. The van der Waals surface area contributed by atoms with Gasteiger partial charge in [0.25, 0.3) is 0 Å². The van der Waals surface area contributed by atoms with E-state index in [1.807, 2.05) is 0 Å². The summed E-state index contributed by atoms with van der Waals surface area (Å²) in [6, 6.07) is 0. The molecule has 37 heavy (non-hydrogen) atoms. The molecule has 0 saturated heterocycles. The molecule has 0 amide bonds. The number of unbranched alkanes of at least 4 members (excludes halogenated alkanes) is 11. The van der Waals surface area contributed by atoms with Crippen LogP contribution in [0, 0.1) is 0 Å². The maximum atomic E-state index is 12.0. The smallest absolute Gasteiger partial charge is 0.306 e. The molecule has 1 N–H and O–H groups in total. The van der Waals surface area contributed by atoms with E-state index in [0.717, 1.165) is 64.2 Å². The number of aliphatic hydroxyl groups excluding tert-OH is 1. The Morgan fingerprint density at radius 1 is 0.676 bits per heavy atom. The fourth-order valence-corrected chi connectivity index (χ4v) is 3.85. The number of ether oxygens (including phenoxy) is 2. The van der Waals surface area contributed by atoms with E-state index in [1.54, 1.807) is 0 Å². The number of carbonyl (C=O) groups excluding carboxylic acids is 1. The number of carbonyl (C=O) groups is 1. The summed E-state index contributed by atoms with van der Waals surface area (Å²) in [5.41, 5.74) is 0. The molecule has 0 heterocycles. The molecule has 0 aliphatic rings. The summed E-state index contributed by atoms with van der Waals surface area (Å²) in [6.45, 7) is 5.11. The largest absolute Gasteiger partial charge is 0.457 e. The Morgan fingerprint density at radius 2 is 1.22 bits per heavy atom. The minimum absolute atomic E-state index is 0.186. The van der Waals surface area contributed by atoms with Crippen molar-refractivity contribution in [3.05, 3.63) is 48.6 Å². The normalized spacial score (nSPS) is 13.1. The quantitative estimate of drug-likeness (QED) is 0.0669. The molecule has 0 bridgehead atoms. The Bertz CT molecular complexity index is 591. The second kappa shape index (κ2) is 30.6. The van der Waals surface area contributed by atoms with Crippen LogP contribution in [-0.2, 0) is 14.3 Å². The van der Waals surface area contributed by atoms with E-state index in [0.29, 0.717) is 13.0 Å². The van der Waals surface area contributed by atoms with Crippen molar-refractivity contribution in [2.24, 2.45) is 0 Å². The lowest BCUT2D eigenvalue weighted by Crippen LogP contribution is -2.27. The molecule has 4 nitrogen and oxygen atoms in total. The average Bonchev–Trinajstić information content (AvgIpc) is 2.90. The molecule has 1 atom stereocenters. The summed E-state index contributed by atoms with van der Waals surface area (Å²) >= 11 is 0. The van der Waals surface area contributed by atoms with Crippen LogP contribution in [0.15, 0.2) is 48.6 Å². The van der Waals surface area contributed by atoms with Crippen LogP contribution in [0.4, 0.5) is 0 Å². The molecule has 0 rings (SSSR count). The number of esters is 1. The predicted octanol–water partition coefficient (Wildman–Crippen LogP) is 9.19. The van der Waals surface area contributed by atoms with E-state index in [4.69, 9.17) is 9.47 Å². The molecule has 0 aromatic rings. The molecule has 0 saturated carbocycles. The van der Waals surface area contributed by atoms with Gasteiger partial charge >= 0.3 is 5.97 Å². The van der Waals surface area contributed by atoms with Gasteiger partial charge in [0, 0.05) is 13.0 Å². The summed E-state index contributed by atoms with van der Waals surface area (Å²) in [4.78, 5) is 12.0. The van der Waals surface area contributed by atoms with Gasteiger partial charge in [-0.1, -0.05) is 107 Å². The van der Waals surface area contributed by atoms with Gasteiger partial charge in [0.2, 0.25) is 0 Å². The van der Waals surface area contributed by atoms with E-state index < -0.39 is 6.10 Å². The summed E-state index contributed by atoms with van der Waals surface area (Å²) in [7, 11) is 0. The van der Waals surface area contributed by atoms with Crippen molar-refractivity contribution in [2.45, 2.75) is 136 Å². The first-order valence-corrected chi connectivity index (χ1v) is 15.2. The zero-order chi connectivity index (χ0) is 27.1. The van der Waals surface area contributed by atoms with E-state index in [9.17, 15) is 9.90 Å². The molecule has 0 aliphatic heterocycles. The first-order valence-electron chi connectivity index (χ1n) is 15.2. The van der Waals surface area contributed by atoms with Gasteiger partial charge in [0.15, 0.2) is 0 Å². The van der Waals surface area contributed by atoms with E-state index >= 15 is 0 Å². The summed E-state index contributed by atoms with van der Waals surface area (Å²) < 4.78 is 11.0. The van der Waals surface area contributed by atoms with Crippen LogP contribution in [0.3, 0.4) is 0 Å². The van der Waals surface area contributed by atoms with E-state index in [1.165, 1.54) is 44.9 Å². The Labute approximate surface area is 229 Å². The highest BCUT2D eigenvalue weighted by molar-refractivity contribution is 5.69. The number of hydrogen-bond donors (Lipinski definition) is 1. The van der Waals surface area contributed by atoms with Crippen LogP contribution in [0.2, 0.25) is 0 Å². The first kappa shape index (κ1) is 35.4. The molecular formula is C33H58O4. The monoisotopic (exact) mass is 518 g/mol. The lowest BCUT2D eigenvalue weighted by atomic mass is 10.1. The maximum absolute atomic E-state index is 12.0. The van der Waals surface area contributed by atoms with Gasteiger partial charge in [0.05, 0.1) is 13.2 Å². The standard InChI is InChI=1S/C33H58O4/c1-3-5-7-9-11-13-15-16-17-19-21-23-25-27-29-36-31-32(30-34)37-33(35)28-26-24-22-20-18-14-12-10-8-6-4-2/h5,7,10-13,16-17,32,34H,3-4,6,8-9,14-15,18-31H2,1-2H3/b7-5-,12-10-,13-11-,17-16-. The highest BCUT2D eigenvalue weighted by Gasteiger charge is 2.13. The molecule has 0 aromatic carbocycles. The zero-order valence-corrected chi connectivity index (χ0v) is 24.2. The van der Waals surface area contributed by atoms with Crippen molar-refractivity contribution < 1.29 is 19.4 Å². The Hall–Kier alpha value is -1.65. The number of allylic oxidation sites excluding steroid dienone is 8. The third-order valence-corrected chi connectivity index (χ3v) is 6.14. The minimum Gasteiger partial charge on any atom is -0.457 e. The molecule has 4 heteroatoms. The number of hydrogen-bond acceptors (Lipinski definition) is 4. The maximum Gasteiger partial charge on any atom is 0.306 e. The van der Waals surface area contributed by atoms with Crippen LogP contribution in [-0.4, -0.2) is 37.0 Å². The molecule has 0 aliphatic carbocycles. The average molecular weight is 519 g/mol. The highest BCUT2D eigenvalue weighted by atomic mass is 16.6. The Balaban J connectivity index is 3.54. The van der Waals surface area contributed by atoms with Crippen molar-refractivity contribution in [3.63, 3.8) is 0 Å². The fourth-order valence-electron chi connectivity index (χ4n) is 3.85. The molecular weight excluding hydrogens is 460 g/mol. The van der Waals surface area contributed by atoms with Gasteiger partial charge in [0.1, 0.15) is 6.10 Å². The molecule has 0 spiro atoms. The van der Waals surface area contributed by atoms with Crippen molar-refractivity contribution in [1.82, 2.24) is 0 Å². The zero-order valence-electron chi connectivity index (χ0n) is 24.2. The minimum atomic E-state index is -0.547. The van der Waals surface area contributed by atoms with Gasteiger partial charge in [-0.05, 0) is 64.2 Å². The van der Waals surface area contributed by atoms with Crippen LogP contribution < -0.4 is 0 Å². The third-order valence-electron chi connectivity index (χ3n) is 6.14. The Morgan fingerprint density at radius 3 is 1.86 bits per heavy atom. The topological polar surface area (TPSA) is 55.8 Å². The van der Waals surface area contributed by atoms with Crippen LogP contribution >= 0.6 is 0 Å². The summed E-state index contributed by atoms with van der Waals surface area (Å²) in [6.07, 6.45) is 37.1. The first-order chi connectivity index (χ1) is 18.2. The lowest BCUT2D eigenvalue weighted by Gasteiger charge is -2.15. The van der Waals surface area contributed by atoms with Crippen molar-refractivity contribution >= 4 is 5.97 Å². The van der Waals surface area contributed by atoms with Crippen molar-refractivity contribution in [2.75, 3.05) is 19.8 Å². The van der Waals surface area contributed by atoms with Gasteiger partial charge < -0.3 is 14.6 Å². The molecule has 0 radical (unpaired) electrons. The van der Waals surface area contributed by atoms with Crippen LogP contribution in [0.25, 0.3) is 0 Å². The van der Waals surface area contributed by atoms with Gasteiger partial charge in [-0.2, -0.15) is 0 Å². The second-order valence-electron chi connectivity index (χ2n) is 9.79. The second-order valence-corrected chi connectivity index (χ2v) is 9.79. The SMILES string of the molecule is CC/C=C\C/C=C\C/C=C\CCCCCCOCC(CO)OC(=O)CCCCCCC/C=C\CCCC. The van der Waals surface area contributed by atoms with Crippen LogP contribution in [0.5, 0.6) is 0 Å². The molecule has 0 aromatic heterocycles. The Kier molecular flexibility index (Phi) is 29.2. The summed E-state index contributed by atoms with van der Waals surface area (Å²) in [5, 5.41) is 9.48. The van der Waals surface area contributed by atoms with Gasteiger partial charge in [-0.3, -0.25) is 4.79 Å². The number of aliphatic hydroxyl groups is 1. The molecule has 0 fully saturated rings. The number of rotatable bonds is 27. The highest BCUT2D eigenvalue weighted by Crippen LogP contribution is 2.10. The third kappa shape index (κ3) is 28.8. The van der Waals surface area contributed by atoms with Gasteiger partial charge in [-0.25, -0.2) is 0 Å². The van der Waals surface area contributed by atoms with E-state index in [-0.39, 0.29) is 19.2 Å². The van der Waals surface area contributed by atoms with Crippen molar-refractivity contribution in [1.29, 1.82) is 0 Å².